The molecule has 0 bridgehead atoms. The maximum Gasteiger partial charge on any atom is 0.316 e. The van der Waals surface area contributed by atoms with Gasteiger partial charge in [0.25, 0.3) is 0 Å². The van der Waals surface area contributed by atoms with Crippen molar-refractivity contribution in [3.05, 3.63) is 18.2 Å². The Morgan fingerprint density at radius 1 is 1.89 bits per heavy atom. The molecule has 1 rings (SSSR count). The zero-order valence-corrected chi connectivity index (χ0v) is 5.03. The fraction of sp³-hybridized carbons (Fsp3) is 0.200. The molecule has 0 saturated heterocycles. The highest BCUT2D eigenvalue weighted by Gasteiger charge is 1.86. The van der Waals surface area contributed by atoms with Crippen LogP contribution in [-0.2, 0) is 0 Å². The fourth-order valence-electron chi connectivity index (χ4n) is 0.478. The predicted molar refractivity (Wildman–Crippen MR) is 31.4 cm³/mol. The van der Waals surface area contributed by atoms with Crippen LogP contribution in [0.15, 0.2) is 16.9 Å². The molecule has 0 radical (unpaired) electrons. The van der Waals surface area contributed by atoms with Gasteiger partial charge in [-0.05, 0) is 6.92 Å². The van der Waals surface area contributed by atoms with Crippen molar-refractivity contribution in [1.29, 1.82) is 5.41 Å². The van der Waals surface area contributed by atoms with Gasteiger partial charge in [-0.3, -0.25) is 0 Å². The Hall–Kier alpha value is -1.32. The molecule has 0 spiro atoms. The van der Waals surface area contributed by atoms with Crippen molar-refractivity contribution in [2.24, 2.45) is 0 Å². The second-order valence-electron chi connectivity index (χ2n) is 1.47. The van der Waals surface area contributed by atoms with Crippen molar-refractivity contribution in [2.45, 2.75) is 6.92 Å². The number of hydrogen-bond donors (Lipinski definition) is 1. The van der Waals surface area contributed by atoms with Crippen LogP contribution < -0.4 is 5.68 Å². The molecule has 0 saturated carbocycles. The van der Waals surface area contributed by atoms with Crippen LogP contribution in [0.1, 0.15) is 6.92 Å². The standard InChI is InChI=1S/C5H7N3O/c1-2-3-8-5(6)9-4-7-8/h2-4,6H,1H3/b3-2-,6-5?. The summed E-state index contributed by atoms with van der Waals surface area (Å²) in [5.41, 5.74) is 0.0353. The summed E-state index contributed by atoms with van der Waals surface area (Å²) in [6.07, 6.45) is 4.65. The molecule has 0 aliphatic rings. The van der Waals surface area contributed by atoms with E-state index in [2.05, 4.69) is 9.52 Å². The van der Waals surface area contributed by atoms with Gasteiger partial charge in [-0.2, -0.15) is 4.68 Å². The van der Waals surface area contributed by atoms with Gasteiger partial charge in [0.05, 0.1) is 0 Å². The molecule has 9 heavy (non-hydrogen) atoms. The van der Waals surface area contributed by atoms with Crippen LogP contribution >= 0.6 is 0 Å². The number of allylic oxidation sites excluding steroid dienone is 1. The average Bonchev–Trinajstić information content (AvgIpc) is 2.18. The summed E-state index contributed by atoms with van der Waals surface area (Å²) in [6, 6.07) is 0. The van der Waals surface area contributed by atoms with Crippen LogP contribution in [0.25, 0.3) is 6.20 Å². The Balaban J connectivity index is 3.08. The Morgan fingerprint density at radius 3 is 3.11 bits per heavy atom. The minimum absolute atomic E-state index is 0.0353. The molecule has 48 valence electrons. The van der Waals surface area contributed by atoms with E-state index in [0.717, 1.165) is 0 Å². The van der Waals surface area contributed by atoms with Gasteiger partial charge >= 0.3 is 5.68 Å². The molecule has 0 atom stereocenters. The summed E-state index contributed by atoms with van der Waals surface area (Å²) < 4.78 is 5.92. The highest BCUT2D eigenvalue weighted by molar-refractivity contribution is 5.15. The number of nitrogens with one attached hydrogen (secondary N) is 1. The van der Waals surface area contributed by atoms with Gasteiger partial charge in [0.1, 0.15) is 0 Å². The molecule has 1 aromatic heterocycles. The Labute approximate surface area is 51.9 Å². The molecule has 1 N–H and O–H groups in total. The van der Waals surface area contributed by atoms with Crippen LogP contribution in [0.5, 0.6) is 0 Å². The Morgan fingerprint density at radius 2 is 2.67 bits per heavy atom. The molecule has 0 aromatic carbocycles. The van der Waals surface area contributed by atoms with Crippen LogP contribution in [0.2, 0.25) is 0 Å². The molecule has 4 nitrogen and oxygen atoms in total. The van der Waals surface area contributed by atoms with E-state index in [-0.39, 0.29) is 5.68 Å². The Bertz CT molecular complexity index is 257. The quantitative estimate of drug-likeness (QED) is 0.592. The summed E-state index contributed by atoms with van der Waals surface area (Å²) >= 11 is 0. The zero-order chi connectivity index (χ0) is 6.69. The topological polar surface area (TPSA) is 54.8 Å². The van der Waals surface area contributed by atoms with E-state index < -0.39 is 0 Å². The van der Waals surface area contributed by atoms with Crippen molar-refractivity contribution in [2.75, 3.05) is 0 Å². The number of nitrogens with zero attached hydrogens (tertiary/aromatic N) is 2. The molecule has 1 aromatic rings. The van der Waals surface area contributed by atoms with E-state index in [4.69, 9.17) is 5.41 Å². The van der Waals surface area contributed by atoms with Gasteiger partial charge in [-0.1, -0.05) is 6.08 Å². The van der Waals surface area contributed by atoms with E-state index in [0.29, 0.717) is 0 Å². The fourth-order valence-corrected chi connectivity index (χ4v) is 0.478. The van der Waals surface area contributed by atoms with Crippen molar-refractivity contribution < 1.29 is 4.42 Å². The van der Waals surface area contributed by atoms with Gasteiger partial charge in [-0.15, -0.1) is 5.10 Å². The normalized spacial score (nSPS) is 10.8. The van der Waals surface area contributed by atoms with Gasteiger partial charge in [0, 0.05) is 6.20 Å². The third-order valence-electron chi connectivity index (χ3n) is 0.834. The molecular formula is C5H7N3O. The summed E-state index contributed by atoms with van der Waals surface area (Å²) in [4.78, 5) is 0. The first-order valence-corrected chi connectivity index (χ1v) is 2.54. The van der Waals surface area contributed by atoms with Crippen LogP contribution in [0, 0.1) is 5.41 Å². The number of hydrogen-bond acceptors (Lipinski definition) is 3. The first kappa shape index (κ1) is 5.81. The second kappa shape index (κ2) is 2.30. The molecule has 1 heterocycles. The third kappa shape index (κ3) is 1.07. The maximum atomic E-state index is 7.04. The summed E-state index contributed by atoms with van der Waals surface area (Å²) in [7, 11) is 0. The highest BCUT2D eigenvalue weighted by atomic mass is 16.4. The van der Waals surface area contributed by atoms with Crippen LogP contribution in [-0.4, -0.2) is 9.78 Å². The number of rotatable bonds is 1. The van der Waals surface area contributed by atoms with E-state index >= 15 is 0 Å². The van der Waals surface area contributed by atoms with Crippen molar-refractivity contribution in [3.8, 4) is 0 Å². The predicted octanol–water partition coefficient (Wildman–Crippen LogP) is 0.446. The minimum atomic E-state index is 0.0353. The lowest BCUT2D eigenvalue weighted by Gasteiger charge is -1.81. The average molecular weight is 125 g/mol. The summed E-state index contributed by atoms with van der Waals surface area (Å²) in [5.74, 6) is 0. The lowest BCUT2D eigenvalue weighted by molar-refractivity contribution is 0.479. The monoisotopic (exact) mass is 125 g/mol. The second-order valence-corrected chi connectivity index (χ2v) is 1.47. The van der Waals surface area contributed by atoms with Gasteiger partial charge in [0.2, 0.25) is 6.39 Å². The van der Waals surface area contributed by atoms with E-state index in [9.17, 15) is 0 Å². The van der Waals surface area contributed by atoms with Crippen LogP contribution in [0.3, 0.4) is 0 Å². The summed E-state index contributed by atoms with van der Waals surface area (Å²) in [5, 5.41) is 10.7. The third-order valence-corrected chi connectivity index (χ3v) is 0.834. The molecule has 4 heteroatoms. The van der Waals surface area contributed by atoms with Crippen molar-refractivity contribution in [1.82, 2.24) is 9.78 Å². The molecule has 0 fully saturated rings. The van der Waals surface area contributed by atoms with Crippen molar-refractivity contribution in [3.63, 3.8) is 0 Å². The van der Waals surface area contributed by atoms with Crippen molar-refractivity contribution >= 4 is 6.20 Å². The van der Waals surface area contributed by atoms with Gasteiger partial charge in [0.15, 0.2) is 0 Å². The first-order chi connectivity index (χ1) is 4.34. The lowest BCUT2D eigenvalue weighted by atomic mass is 10.7. The van der Waals surface area contributed by atoms with Gasteiger partial charge in [-0.25, -0.2) is 5.41 Å². The smallest absolute Gasteiger partial charge is 0.316 e. The first-order valence-electron chi connectivity index (χ1n) is 2.54. The SMILES string of the molecule is C/C=C\n1ncoc1=N. The molecule has 0 unspecified atom stereocenters. The van der Waals surface area contributed by atoms with Crippen LogP contribution in [0.4, 0.5) is 0 Å². The molecule has 0 aliphatic carbocycles. The highest BCUT2D eigenvalue weighted by Crippen LogP contribution is 1.75. The van der Waals surface area contributed by atoms with Gasteiger partial charge < -0.3 is 4.42 Å². The minimum Gasteiger partial charge on any atom is -0.411 e. The zero-order valence-electron chi connectivity index (χ0n) is 5.03. The maximum absolute atomic E-state index is 7.04. The Kier molecular flexibility index (Phi) is 1.48. The molecule has 0 aliphatic heterocycles. The number of aromatic nitrogens is 2. The molecular weight excluding hydrogens is 118 g/mol. The van der Waals surface area contributed by atoms with E-state index in [1.807, 2.05) is 6.92 Å². The van der Waals surface area contributed by atoms with E-state index in [1.165, 1.54) is 11.1 Å². The largest absolute Gasteiger partial charge is 0.411 e. The van der Waals surface area contributed by atoms with E-state index in [1.54, 1.807) is 12.3 Å². The lowest BCUT2D eigenvalue weighted by Crippen LogP contribution is -2.09. The molecule has 0 amide bonds. The summed E-state index contributed by atoms with van der Waals surface area (Å²) in [6.45, 7) is 1.85.